The van der Waals surface area contributed by atoms with Gasteiger partial charge < -0.3 is 5.73 Å². The van der Waals surface area contributed by atoms with E-state index in [9.17, 15) is 4.79 Å². The Morgan fingerprint density at radius 2 is 1.79 bits per heavy atom. The number of carbonyl (C=O) groups is 1. The molecule has 0 atom stereocenters. The number of rotatable bonds is 5. The van der Waals surface area contributed by atoms with Gasteiger partial charge in [-0.15, -0.1) is 11.3 Å². The summed E-state index contributed by atoms with van der Waals surface area (Å²) >= 11 is 1.27. The summed E-state index contributed by atoms with van der Waals surface area (Å²) in [4.78, 5) is 18.5. The minimum Gasteiger partial charge on any atom is -0.397 e. The maximum atomic E-state index is 12.9. The van der Waals surface area contributed by atoms with Crippen molar-refractivity contribution in [1.29, 1.82) is 0 Å². The van der Waals surface area contributed by atoms with Crippen LogP contribution in [-0.2, 0) is 0 Å². The van der Waals surface area contributed by atoms with Gasteiger partial charge in [0.2, 0.25) is 0 Å². The van der Waals surface area contributed by atoms with Gasteiger partial charge in [-0.05, 0) is 37.6 Å². The molecule has 8 heteroatoms. The molecule has 34 heavy (non-hydrogen) atoms. The number of hydrogen-bond donors (Lipinski definition) is 2. The Balaban J connectivity index is 1.45. The minimum atomic E-state index is -0.370. The molecule has 0 spiro atoms. The number of para-hydroxylation sites is 1. The topological polar surface area (TPSA) is 98.2 Å². The zero-order valence-electron chi connectivity index (χ0n) is 18.7. The van der Waals surface area contributed by atoms with Gasteiger partial charge in [0.05, 0.1) is 17.6 Å². The molecule has 0 aliphatic rings. The summed E-state index contributed by atoms with van der Waals surface area (Å²) in [7, 11) is 0. The maximum Gasteiger partial charge on any atom is 0.283 e. The Hall–Kier alpha value is -4.30. The summed E-state index contributed by atoms with van der Waals surface area (Å²) in [6.45, 7) is 3.89. The average Bonchev–Trinajstić information content (AvgIpc) is 3.41. The number of aromatic nitrogens is 3. The van der Waals surface area contributed by atoms with Crippen LogP contribution in [-0.4, -0.2) is 26.9 Å². The van der Waals surface area contributed by atoms with E-state index in [1.807, 2.05) is 86.8 Å². The zero-order valence-corrected chi connectivity index (χ0v) is 19.5. The number of pyridine rings is 1. The van der Waals surface area contributed by atoms with Crippen LogP contribution in [0.3, 0.4) is 0 Å². The number of nitrogen functional groups attached to an aromatic ring is 1. The van der Waals surface area contributed by atoms with Crippen LogP contribution in [0.4, 0.5) is 5.69 Å². The number of benzene rings is 2. The van der Waals surface area contributed by atoms with E-state index in [1.165, 1.54) is 11.3 Å². The van der Waals surface area contributed by atoms with E-state index in [0.29, 0.717) is 10.6 Å². The molecule has 3 aromatic heterocycles. The number of carbonyl (C=O) groups excluding carboxylic acids is 1. The van der Waals surface area contributed by atoms with Gasteiger partial charge in [-0.2, -0.15) is 10.2 Å². The van der Waals surface area contributed by atoms with Gasteiger partial charge >= 0.3 is 0 Å². The summed E-state index contributed by atoms with van der Waals surface area (Å²) in [5.74, 6) is -0.370. The lowest BCUT2D eigenvalue weighted by Crippen LogP contribution is -2.17. The maximum absolute atomic E-state index is 12.9. The summed E-state index contributed by atoms with van der Waals surface area (Å²) in [6.07, 6.45) is 3.49. The molecule has 3 heterocycles. The lowest BCUT2D eigenvalue weighted by molar-refractivity contribution is 0.0960. The number of hydrazone groups is 1. The highest BCUT2D eigenvalue weighted by Crippen LogP contribution is 2.34. The molecule has 168 valence electrons. The largest absolute Gasteiger partial charge is 0.397 e. The number of nitrogens with two attached hydrogens (primary N) is 1. The highest BCUT2D eigenvalue weighted by Gasteiger charge is 2.19. The second-order valence-corrected chi connectivity index (χ2v) is 8.88. The second-order valence-electron chi connectivity index (χ2n) is 7.88. The van der Waals surface area contributed by atoms with E-state index < -0.39 is 0 Å². The van der Waals surface area contributed by atoms with Crippen LogP contribution in [0, 0.1) is 13.8 Å². The first-order valence-corrected chi connectivity index (χ1v) is 11.5. The van der Waals surface area contributed by atoms with Crippen molar-refractivity contribution in [3.8, 4) is 16.9 Å². The molecule has 3 N–H and O–H groups in total. The predicted molar refractivity (Wildman–Crippen MR) is 138 cm³/mol. The molecule has 0 saturated carbocycles. The van der Waals surface area contributed by atoms with Crippen molar-refractivity contribution >= 4 is 39.4 Å². The first kappa shape index (κ1) is 21.5. The third-order valence-electron chi connectivity index (χ3n) is 5.41. The van der Waals surface area contributed by atoms with Gasteiger partial charge in [-0.25, -0.2) is 15.1 Å². The number of hydrogen-bond acceptors (Lipinski definition) is 6. The molecule has 7 nitrogen and oxygen atoms in total. The van der Waals surface area contributed by atoms with Crippen molar-refractivity contribution in [2.24, 2.45) is 5.10 Å². The van der Waals surface area contributed by atoms with Crippen LogP contribution < -0.4 is 11.2 Å². The lowest BCUT2D eigenvalue weighted by Gasteiger charge is -2.01. The van der Waals surface area contributed by atoms with E-state index >= 15 is 0 Å². The molecule has 0 aliphatic carbocycles. The average molecular weight is 467 g/mol. The van der Waals surface area contributed by atoms with Crippen LogP contribution in [0.1, 0.15) is 26.5 Å². The number of nitrogens with one attached hydrogen (secondary N) is 1. The third-order valence-corrected chi connectivity index (χ3v) is 6.51. The molecule has 1 amide bonds. The normalized spacial score (nSPS) is 11.4. The van der Waals surface area contributed by atoms with Gasteiger partial charge in [-0.3, -0.25) is 4.79 Å². The van der Waals surface area contributed by atoms with E-state index in [2.05, 4.69) is 15.5 Å². The number of thiophene rings is 1. The SMILES string of the molecule is Cc1cc(C)c2c(N)c(C(=O)N/N=C\c3cn(-c4ccccc4)nc3-c3ccccc3)sc2n1. The molecule has 5 rings (SSSR count). The fourth-order valence-corrected chi connectivity index (χ4v) is 4.97. The fraction of sp³-hybridized carbons (Fsp3) is 0.0769. The van der Waals surface area contributed by atoms with Gasteiger partial charge in [0.25, 0.3) is 5.91 Å². The molecule has 0 aliphatic heterocycles. The van der Waals surface area contributed by atoms with Gasteiger partial charge in [0.15, 0.2) is 0 Å². The minimum absolute atomic E-state index is 0.370. The fourth-order valence-electron chi connectivity index (χ4n) is 3.86. The first-order valence-electron chi connectivity index (χ1n) is 10.7. The Bertz CT molecular complexity index is 1520. The van der Waals surface area contributed by atoms with E-state index in [1.54, 1.807) is 10.9 Å². The molecule has 0 bridgehead atoms. The Kier molecular flexibility index (Phi) is 5.65. The summed E-state index contributed by atoms with van der Waals surface area (Å²) in [5.41, 5.74) is 14.6. The van der Waals surface area contributed by atoms with Crippen molar-refractivity contribution in [3.63, 3.8) is 0 Å². The van der Waals surface area contributed by atoms with Crippen molar-refractivity contribution in [3.05, 3.63) is 94.6 Å². The summed E-state index contributed by atoms with van der Waals surface area (Å²) in [6, 6.07) is 21.6. The molecule has 5 aromatic rings. The smallest absolute Gasteiger partial charge is 0.283 e. The van der Waals surface area contributed by atoms with Gasteiger partial charge in [0, 0.05) is 28.4 Å². The Morgan fingerprint density at radius 3 is 2.53 bits per heavy atom. The van der Waals surface area contributed by atoms with Crippen molar-refractivity contribution in [2.45, 2.75) is 13.8 Å². The van der Waals surface area contributed by atoms with E-state index in [4.69, 9.17) is 10.8 Å². The predicted octanol–water partition coefficient (Wildman–Crippen LogP) is 5.11. The quantitative estimate of drug-likeness (QED) is 0.278. The van der Waals surface area contributed by atoms with Crippen molar-refractivity contribution < 1.29 is 4.79 Å². The van der Waals surface area contributed by atoms with Crippen molar-refractivity contribution in [1.82, 2.24) is 20.2 Å². The molecule has 0 radical (unpaired) electrons. The molecule has 0 saturated heterocycles. The van der Waals surface area contributed by atoms with Gasteiger partial charge in [0.1, 0.15) is 15.4 Å². The van der Waals surface area contributed by atoms with Crippen LogP contribution in [0.5, 0.6) is 0 Å². The molecular weight excluding hydrogens is 444 g/mol. The van der Waals surface area contributed by atoms with E-state index in [-0.39, 0.29) is 5.91 Å². The monoisotopic (exact) mass is 466 g/mol. The van der Waals surface area contributed by atoms with Crippen LogP contribution in [0.25, 0.3) is 27.2 Å². The van der Waals surface area contributed by atoms with Crippen LogP contribution in [0.15, 0.2) is 78.0 Å². The second kappa shape index (κ2) is 8.92. The number of fused-ring (bicyclic) bond motifs is 1. The highest BCUT2D eigenvalue weighted by molar-refractivity contribution is 7.21. The Labute approximate surface area is 200 Å². The van der Waals surface area contributed by atoms with Crippen LogP contribution in [0.2, 0.25) is 0 Å². The zero-order chi connectivity index (χ0) is 23.7. The highest BCUT2D eigenvalue weighted by atomic mass is 32.1. The lowest BCUT2D eigenvalue weighted by atomic mass is 10.1. The number of amides is 1. The van der Waals surface area contributed by atoms with E-state index in [0.717, 1.165) is 44.0 Å². The number of nitrogens with zero attached hydrogens (tertiary/aromatic N) is 4. The van der Waals surface area contributed by atoms with Crippen LogP contribution >= 0.6 is 11.3 Å². The molecule has 0 fully saturated rings. The Morgan fingerprint density at radius 1 is 1.09 bits per heavy atom. The van der Waals surface area contributed by atoms with Gasteiger partial charge in [-0.1, -0.05) is 48.5 Å². The molecule has 2 aromatic carbocycles. The number of aryl methyl sites for hydroxylation is 2. The summed E-state index contributed by atoms with van der Waals surface area (Å²) in [5, 5.41) is 9.79. The number of anilines is 1. The molecular formula is C26H22N6OS. The summed E-state index contributed by atoms with van der Waals surface area (Å²) < 4.78 is 1.80. The first-order chi connectivity index (χ1) is 16.5. The standard InChI is InChI=1S/C26H22N6OS/c1-16-13-17(2)29-26-21(16)22(27)24(34-26)25(33)30-28-14-19-15-32(20-11-7-4-8-12-20)31-23(19)18-9-5-3-6-10-18/h3-15H,27H2,1-2H3,(H,30,33)/b28-14-. The third kappa shape index (κ3) is 4.06. The van der Waals surface area contributed by atoms with Crippen molar-refractivity contribution in [2.75, 3.05) is 5.73 Å². The molecule has 0 unspecified atom stereocenters.